The number of aromatic nitrogens is 1. The van der Waals surface area contributed by atoms with Gasteiger partial charge in [0.2, 0.25) is 5.91 Å². The summed E-state index contributed by atoms with van der Waals surface area (Å²) in [5.74, 6) is 0.0438. The Labute approximate surface area is 167 Å². The number of amides is 2. The third kappa shape index (κ3) is 5.32. The predicted octanol–water partition coefficient (Wildman–Crippen LogP) is 3.06. The summed E-state index contributed by atoms with van der Waals surface area (Å²) in [5.41, 5.74) is 2.25. The van der Waals surface area contributed by atoms with E-state index in [4.69, 9.17) is 4.74 Å². The highest BCUT2D eigenvalue weighted by molar-refractivity contribution is 6.04. The first-order chi connectivity index (χ1) is 13.9. The van der Waals surface area contributed by atoms with Gasteiger partial charge in [-0.3, -0.25) is 14.4 Å². The monoisotopic (exact) mass is 391 g/mol. The molecule has 148 valence electrons. The number of hydrogen-bond donors (Lipinski definition) is 2. The zero-order valence-electron chi connectivity index (χ0n) is 16.1. The summed E-state index contributed by atoms with van der Waals surface area (Å²) in [6, 6.07) is 16.7. The van der Waals surface area contributed by atoms with Crippen LogP contribution in [-0.4, -0.2) is 23.5 Å². The van der Waals surface area contributed by atoms with Crippen LogP contribution in [-0.2, 0) is 11.3 Å². The van der Waals surface area contributed by atoms with Crippen LogP contribution in [0.15, 0.2) is 71.7 Å². The minimum atomic E-state index is -0.328. The standard InChI is InChI=1S/C22H21N3O4/c1-15-6-11-21(27)25(13-15)14-20(26)23-17-9-7-16(8-10-17)22(28)24-18-4-3-5-19(12-18)29-2/h3-13H,14H2,1-2H3,(H,23,26)(H,24,28). The van der Waals surface area contributed by atoms with Crippen LogP contribution in [0.1, 0.15) is 15.9 Å². The van der Waals surface area contributed by atoms with Gasteiger partial charge in [0.25, 0.3) is 11.5 Å². The molecule has 3 aromatic rings. The smallest absolute Gasteiger partial charge is 0.255 e. The number of nitrogens with zero attached hydrogens (tertiary/aromatic N) is 1. The van der Waals surface area contributed by atoms with Crippen molar-refractivity contribution in [3.63, 3.8) is 0 Å². The number of pyridine rings is 1. The van der Waals surface area contributed by atoms with Gasteiger partial charge < -0.3 is 19.9 Å². The maximum Gasteiger partial charge on any atom is 0.255 e. The highest BCUT2D eigenvalue weighted by atomic mass is 16.5. The summed E-state index contributed by atoms with van der Waals surface area (Å²) < 4.78 is 6.49. The first-order valence-corrected chi connectivity index (χ1v) is 8.97. The van der Waals surface area contributed by atoms with E-state index in [1.54, 1.807) is 67.9 Å². The topological polar surface area (TPSA) is 89.4 Å². The van der Waals surface area contributed by atoms with E-state index in [-0.39, 0.29) is 23.9 Å². The van der Waals surface area contributed by atoms with Gasteiger partial charge in [-0.1, -0.05) is 12.1 Å². The van der Waals surface area contributed by atoms with Crippen molar-refractivity contribution in [3.05, 3.63) is 88.3 Å². The van der Waals surface area contributed by atoms with Crippen LogP contribution >= 0.6 is 0 Å². The minimum absolute atomic E-state index is 0.0847. The summed E-state index contributed by atoms with van der Waals surface area (Å²) in [4.78, 5) is 36.4. The number of carbonyl (C=O) groups excluding carboxylic acids is 2. The summed E-state index contributed by atoms with van der Waals surface area (Å²) in [7, 11) is 1.56. The third-order valence-electron chi connectivity index (χ3n) is 4.20. The van der Waals surface area contributed by atoms with Crippen LogP contribution in [0.25, 0.3) is 0 Å². The van der Waals surface area contributed by atoms with Gasteiger partial charge in [-0.15, -0.1) is 0 Å². The van der Waals surface area contributed by atoms with Crippen LogP contribution in [0, 0.1) is 6.92 Å². The molecule has 0 aliphatic rings. The first-order valence-electron chi connectivity index (χ1n) is 8.97. The lowest BCUT2D eigenvalue weighted by molar-refractivity contribution is -0.116. The molecule has 0 fully saturated rings. The minimum Gasteiger partial charge on any atom is -0.497 e. The van der Waals surface area contributed by atoms with Gasteiger partial charge in [0.1, 0.15) is 12.3 Å². The number of anilines is 2. The molecule has 2 amide bonds. The summed E-state index contributed by atoms with van der Waals surface area (Å²) in [5, 5.41) is 5.51. The number of carbonyl (C=O) groups is 2. The molecule has 3 rings (SSSR count). The second-order valence-corrected chi connectivity index (χ2v) is 6.48. The molecule has 0 radical (unpaired) electrons. The molecular weight excluding hydrogens is 370 g/mol. The van der Waals surface area contributed by atoms with E-state index in [1.165, 1.54) is 10.6 Å². The average molecular weight is 391 g/mol. The molecule has 0 unspecified atom stereocenters. The Morgan fingerprint density at radius 3 is 2.45 bits per heavy atom. The Morgan fingerprint density at radius 2 is 1.72 bits per heavy atom. The molecule has 0 atom stereocenters. The fraction of sp³-hybridized carbons (Fsp3) is 0.136. The molecule has 7 heteroatoms. The normalized spacial score (nSPS) is 10.3. The number of methoxy groups -OCH3 is 1. The highest BCUT2D eigenvalue weighted by Gasteiger charge is 2.09. The predicted molar refractivity (Wildman–Crippen MR) is 111 cm³/mol. The number of hydrogen-bond acceptors (Lipinski definition) is 4. The lowest BCUT2D eigenvalue weighted by atomic mass is 10.2. The quantitative estimate of drug-likeness (QED) is 0.676. The Balaban J connectivity index is 1.62. The van der Waals surface area contributed by atoms with Crippen molar-refractivity contribution < 1.29 is 14.3 Å². The Bertz CT molecular complexity index is 1090. The van der Waals surface area contributed by atoms with E-state index in [0.717, 1.165) is 5.56 Å². The third-order valence-corrected chi connectivity index (χ3v) is 4.20. The molecule has 1 aromatic heterocycles. The van der Waals surface area contributed by atoms with E-state index in [2.05, 4.69) is 10.6 Å². The van der Waals surface area contributed by atoms with Crippen LogP contribution in [0.3, 0.4) is 0 Å². The molecule has 7 nitrogen and oxygen atoms in total. The number of aryl methyl sites for hydroxylation is 1. The molecule has 2 aromatic carbocycles. The zero-order valence-corrected chi connectivity index (χ0v) is 16.1. The van der Waals surface area contributed by atoms with Crippen LogP contribution in [0.5, 0.6) is 5.75 Å². The molecule has 2 N–H and O–H groups in total. The maximum absolute atomic E-state index is 12.4. The van der Waals surface area contributed by atoms with Gasteiger partial charge in [-0.05, 0) is 48.9 Å². The van der Waals surface area contributed by atoms with Gasteiger partial charge in [-0.25, -0.2) is 0 Å². The van der Waals surface area contributed by atoms with Gasteiger partial charge in [0.15, 0.2) is 0 Å². The van der Waals surface area contributed by atoms with Crippen molar-refractivity contribution >= 4 is 23.2 Å². The maximum atomic E-state index is 12.4. The van der Waals surface area contributed by atoms with E-state index >= 15 is 0 Å². The van der Waals surface area contributed by atoms with Gasteiger partial charge in [0, 0.05) is 35.3 Å². The van der Waals surface area contributed by atoms with E-state index in [0.29, 0.717) is 22.7 Å². The molecule has 0 aliphatic carbocycles. The second kappa shape index (κ2) is 8.88. The van der Waals surface area contributed by atoms with E-state index < -0.39 is 0 Å². The van der Waals surface area contributed by atoms with Crippen LogP contribution < -0.4 is 20.9 Å². The summed E-state index contributed by atoms with van der Waals surface area (Å²) in [6.45, 7) is 1.77. The molecular formula is C22H21N3O4. The van der Waals surface area contributed by atoms with Gasteiger partial charge in [-0.2, -0.15) is 0 Å². The summed E-state index contributed by atoms with van der Waals surface area (Å²) in [6.07, 6.45) is 1.63. The second-order valence-electron chi connectivity index (χ2n) is 6.48. The first kappa shape index (κ1) is 19.9. The average Bonchev–Trinajstić information content (AvgIpc) is 2.71. The van der Waals surface area contributed by atoms with Crippen molar-refractivity contribution in [2.24, 2.45) is 0 Å². The number of nitrogens with one attached hydrogen (secondary N) is 2. The van der Waals surface area contributed by atoms with E-state index in [9.17, 15) is 14.4 Å². The molecule has 0 saturated heterocycles. The molecule has 0 saturated carbocycles. The largest absolute Gasteiger partial charge is 0.497 e. The lowest BCUT2D eigenvalue weighted by Gasteiger charge is -2.09. The molecule has 29 heavy (non-hydrogen) atoms. The van der Waals surface area contributed by atoms with E-state index in [1.807, 2.05) is 6.92 Å². The summed E-state index contributed by atoms with van der Waals surface area (Å²) >= 11 is 0. The van der Waals surface area contributed by atoms with Crippen molar-refractivity contribution in [1.29, 1.82) is 0 Å². The molecule has 0 spiro atoms. The Morgan fingerprint density at radius 1 is 0.966 bits per heavy atom. The van der Waals surface area contributed by atoms with Crippen molar-refractivity contribution in [2.45, 2.75) is 13.5 Å². The Kier molecular flexibility index (Phi) is 6.09. The van der Waals surface area contributed by atoms with Crippen molar-refractivity contribution in [2.75, 3.05) is 17.7 Å². The van der Waals surface area contributed by atoms with Gasteiger partial charge in [0.05, 0.1) is 7.11 Å². The molecule has 0 bridgehead atoms. The SMILES string of the molecule is COc1cccc(NC(=O)c2ccc(NC(=O)Cn3cc(C)ccc3=O)cc2)c1. The number of ether oxygens (including phenoxy) is 1. The van der Waals surface area contributed by atoms with Crippen molar-refractivity contribution in [1.82, 2.24) is 4.57 Å². The molecule has 0 aliphatic heterocycles. The lowest BCUT2D eigenvalue weighted by Crippen LogP contribution is -2.26. The fourth-order valence-corrected chi connectivity index (χ4v) is 2.74. The zero-order chi connectivity index (χ0) is 20.8. The number of rotatable bonds is 6. The van der Waals surface area contributed by atoms with Crippen LogP contribution in [0.4, 0.5) is 11.4 Å². The molecule has 1 heterocycles. The van der Waals surface area contributed by atoms with Gasteiger partial charge >= 0.3 is 0 Å². The van der Waals surface area contributed by atoms with Crippen LogP contribution in [0.2, 0.25) is 0 Å². The Hall–Kier alpha value is -3.87. The number of benzene rings is 2. The highest BCUT2D eigenvalue weighted by Crippen LogP contribution is 2.18. The van der Waals surface area contributed by atoms with Crippen molar-refractivity contribution in [3.8, 4) is 5.75 Å². The fourth-order valence-electron chi connectivity index (χ4n) is 2.74.